The van der Waals surface area contributed by atoms with Gasteiger partial charge in [-0.15, -0.1) is 0 Å². The molecule has 0 saturated carbocycles. The van der Waals surface area contributed by atoms with Crippen LogP contribution >= 0.6 is 0 Å². The predicted molar refractivity (Wildman–Crippen MR) is 134 cm³/mol. The molecular weight excluding hydrogens is 519 g/mol. The number of aryl methyl sites for hydroxylation is 1. The van der Waals surface area contributed by atoms with E-state index in [1.807, 2.05) is 0 Å². The van der Waals surface area contributed by atoms with E-state index in [0.29, 0.717) is 36.0 Å². The maximum atomic E-state index is 13.3. The molecule has 4 aromatic rings. The van der Waals surface area contributed by atoms with Crippen molar-refractivity contribution in [2.45, 2.75) is 43.0 Å². The number of para-hydroxylation sites is 1. The number of hydrogen-bond acceptors (Lipinski definition) is 5. The largest absolute Gasteiger partial charge is 0.457 e. The fourth-order valence-corrected chi connectivity index (χ4v) is 6.21. The first-order chi connectivity index (χ1) is 18.1. The number of halogens is 3. The molecular formula is C28H24F3NO5S. The molecule has 0 bridgehead atoms. The normalized spacial score (nSPS) is 16.7. The van der Waals surface area contributed by atoms with Crippen LogP contribution in [0, 0.1) is 0 Å². The maximum absolute atomic E-state index is 13.3. The Morgan fingerprint density at radius 2 is 1.74 bits per heavy atom. The first-order valence-electron chi connectivity index (χ1n) is 12.1. The van der Waals surface area contributed by atoms with Gasteiger partial charge in [0.05, 0.1) is 11.6 Å². The van der Waals surface area contributed by atoms with Gasteiger partial charge in [0.15, 0.2) is 5.78 Å². The third-order valence-electron chi connectivity index (χ3n) is 6.52. The molecule has 0 radical (unpaired) electrons. The topological polar surface area (TPSA) is 76.8 Å². The minimum Gasteiger partial charge on any atom is -0.457 e. The summed E-state index contributed by atoms with van der Waals surface area (Å²) in [4.78, 5) is 13.0. The summed E-state index contributed by atoms with van der Waals surface area (Å²) in [5.74, 6) is 0.250. The van der Waals surface area contributed by atoms with E-state index in [1.165, 1.54) is 22.5 Å². The van der Waals surface area contributed by atoms with E-state index in [4.69, 9.17) is 9.15 Å². The van der Waals surface area contributed by atoms with Gasteiger partial charge in [-0.05, 0) is 61.2 Å². The van der Waals surface area contributed by atoms with Gasteiger partial charge in [0.25, 0.3) is 10.0 Å². The standard InChI is InChI=1S/C28H24F3NO5S/c29-28(30,31)21-6-3-7-23(18-21)36-22-13-10-19(11-14-22)12-15-25(33)24-8-4-16-32(24)38(34,35)27-17-20-5-1-2-9-26(20)37-27/h1-3,5-7,9-11,13-14,17-18,24H,4,8,12,15-16H2/t24-/m0/s1. The summed E-state index contributed by atoms with van der Waals surface area (Å²) >= 11 is 0. The highest BCUT2D eigenvalue weighted by Gasteiger charge is 2.40. The Hall–Kier alpha value is -3.63. The second-order valence-corrected chi connectivity index (χ2v) is 10.9. The second kappa shape index (κ2) is 10.3. The van der Waals surface area contributed by atoms with Crippen LogP contribution in [0.4, 0.5) is 13.2 Å². The van der Waals surface area contributed by atoms with E-state index in [9.17, 15) is 26.4 Å². The smallest absolute Gasteiger partial charge is 0.416 e. The molecule has 6 nitrogen and oxygen atoms in total. The molecule has 1 aromatic heterocycles. The number of nitrogens with zero attached hydrogens (tertiary/aromatic N) is 1. The molecule has 0 aliphatic carbocycles. The number of carbonyl (C=O) groups excluding carboxylic acids is 1. The predicted octanol–water partition coefficient (Wildman–Crippen LogP) is 6.60. The van der Waals surface area contributed by atoms with E-state index in [0.717, 1.165) is 17.7 Å². The van der Waals surface area contributed by atoms with Crippen LogP contribution in [-0.2, 0) is 27.4 Å². The third-order valence-corrected chi connectivity index (χ3v) is 8.29. The highest BCUT2D eigenvalue weighted by molar-refractivity contribution is 7.89. The number of ketones is 1. The summed E-state index contributed by atoms with van der Waals surface area (Å²) in [6, 6.07) is 19.0. The molecule has 1 saturated heterocycles. The number of carbonyl (C=O) groups is 1. The van der Waals surface area contributed by atoms with Crippen LogP contribution in [0.2, 0.25) is 0 Å². The summed E-state index contributed by atoms with van der Waals surface area (Å²) in [7, 11) is -3.97. The van der Waals surface area contributed by atoms with Crippen molar-refractivity contribution in [2.24, 2.45) is 0 Å². The number of rotatable bonds is 8. The van der Waals surface area contributed by atoms with E-state index in [1.54, 1.807) is 48.5 Å². The molecule has 2 heterocycles. The van der Waals surface area contributed by atoms with E-state index < -0.39 is 27.8 Å². The van der Waals surface area contributed by atoms with Gasteiger partial charge in [-0.3, -0.25) is 4.79 Å². The Morgan fingerprint density at radius 1 is 0.974 bits per heavy atom. The summed E-state index contributed by atoms with van der Waals surface area (Å²) in [6.07, 6.45) is -2.90. The van der Waals surface area contributed by atoms with Crippen molar-refractivity contribution in [3.63, 3.8) is 0 Å². The summed E-state index contributed by atoms with van der Waals surface area (Å²) in [5, 5.41) is 0.503. The molecule has 1 atom stereocenters. The number of furan rings is 1. The number of ether oxygens (including phenoxy) is 1. The maximum Gasteiger partial charge on any atom is 0.416 e. The summed E-state index contributed by atoms with van der Waals surface area (Å²) in [5.41, 5.74) is 0.487. The van der Waals surface area contributed by atoms with E-state index in [-0.39, 0.29) is 29.6 Å². The Labute approximate surface area is 217 Å². The van der Waals surface area contributed by atoms with Crippen molar-refractivity contribution in [3.05, 3.63) is 90.0 Å². The van der Waals surface area contributed by atoms with Crippen LogP contribution in [0.1, 0.15) is 30.4 Å². The number of Topliss-reactive ketones (excluding diaryl/α,β-unsaturated/α-hetero) is 1. The summed E-state index contributed by atoms with van der Waals surface area (Å²) in [6.45, 7) is 0.247. The molecule has 198 valence electrons. The van der Waals surface area contributed by atoms with Crippen LogP contribution in [0.3, 0.4) is 0 Å². The minimum atomic E-state index is -4.46. The van der Waals surface area contributed by atoms with Crippen molar-refractivity contribution in [2.75, 3.05) is 6.54 Å². The number of sulfonamides is 1. The van der Waals surface area contributed by atoms with Crippen LogP contribution in [-0.4, -0.2) is 31.1 Å². The molecule has 3 aromatic carbocycles. The molecule has 1 aliphatic heterocycles. The first-order valence-corrected chi connectivity index (χ1v) is 13.5. The van der Waals surface area contributed by atoms with Gasteiger partial charge in [0.1, 0.15) is 17.1 Å². The zero-order chi connectivity index (χ0) is 26.9. The number of hydrogen-bond donors (Lipinski definition) is 0. The van der Waals surface area contributed by atoms with Crippen LogP contribution in [0.15, 0.2) is 88.4 Å². The van der Waals surface area contributed by atoms with Gasteiger partial charge < -0.3 is 9.15 Å². The third kappa shape index (κ3) is 5.46. The molecule has 0 spiro atoms. The second-order valence-electron chi connectivity index (χ2n) is 9.11. The summed E-state index contributed by atoms with van der Waals surface area (Å²) < 4.78 is 77.6. The fourth-order valence-electron chi connectivity index (χ4n) is 4.58. The average molecular weight is 544 g/mol. The van der Waals surface area contributed by atoms with Crippen molar-refractivity contribution < 1.29 is 35.5 Å². The highest BCUT2D eigenvalue weighted by Crippen LogP contribution is 2.33. The molecule has 10 heteroatoms. The lowest BCUT2D eigenvalue weighted by molar-refractivity contribution is -0.137. The Kier molecular flexibility index (Phi) is 7.02. The average Bonchev–Trinajstić information content (AvgIpc) is 3.56. The van der Waals surface area contributed by atoms with Gasteiger partial charge in [-0.25, -0.2) is 8.42 Å². The van der Waals surface area contributed by atoms with Gasteiger partial charge in [-0.1, -0.05) is 36.4 Å². The van der Waals surface area contributed by atoms with Crippen molar-refractivity contribution in [1.82, 2.24) is 4.31 Å². The molecule has 0 unspecified atom stereocenters. The fraction of sp³-hybridized carbons (Fsp3) is 0.250. The molecule has 0 N–H and O–H groups in total. The molecule has 1 fully saturated rings. The first kappa shape index (κ1) is 26.0. The van der Waals surface area contributed by atoms with Crippen LogP contribution in [0.5, 0.6) is 11.5 Å². The Balaban J connectivity index is 1.21. The van der Waals surface area contributed by atoms with Gasteiger partial charge >= 0.3 is 6.18 Å². The highest BCUT2D eigenvalue weighted by atomic mass is 32.2. The SMILES string of the molecule is O=C(CCc1ccc(Oc2cccc(C(F)(F)F)c2)cc1)[C@@H]1CCCN1S(=O)(=O)c1cc2ccccc2o1. The lowest BCUT2D eigenvalue weighted by atomic mass is 10.0. The number of benzene rings is 3. The number of fused-ring (bicyclic) bond motifs is 1. The van der Waals surface area contributed by atoms with Crippen LogP contribution < -0.4 is 4.74 Å². The molecule has 1 aliphatic rings. The van der Waals surface area contributed by atoms with E-state index in [2.05, 4.69) is 0 Å². The molecule has 5 rings (SSSR count). The van der Waals surface area contributed by atoms with Crippen molar-refractivity contribution in [1.29, 1.82) is 0 Å². The van der Waals surface area contributed by atoms with Gasteiger partial charge in [0, 0.05) is 24.4 Å². The number of alkyl halides is 3. The van der Waals surface area contributed by atoms with Crippen molar-refractivity contribution in [3.8, 4) is 11.5 Å². The van der Waals surface area contributed by atoms with Gasteiger partial charge in [0.2, 0.25) is 5.09 Å². The lowest BCUT2D eigenvalue weighted by Crippen LogP contribution is -2.40. The molecule has 38 heavy (non-hydrogen) atoms. The Bertz CT molecular complexity index is 1530. The minimum absolute atomic E-state index is 0.0646. The van der Waals surface area contributed by atoms with Gasteiger partial charge in [-0.2, -0.15) is 17.5 Å². The quantitative estimate of drug-likeness (QED) is 0.250. The zero-order valence-electron chi connectivity index (χ0n) is 20.1. The van der Waals surface area contributed by atoms with E-state index >= 15 is 0 Å². The monoisotopic (exact) mass is 543 g/mol. The Morgan fingerprint density at radius 3 is 2.47 bits per heavy atom. The van der Waals surface area contributed by atoms with Crippen LogP contribution in [0.25, 0.3) is 11.0 Å². The lowest BCUT2D eigenvalue weighted by Gasteiger charge is -2.21. The van der Waals surface area contributed by atoms with Crippen molar-refractivity contribution >= 4 is 26.8 Å². The zero-order valence-corrected chi connectivity index (χ0v) is 21.0. The molecule has 0 amide bonds.